The molecule has 6 nitrogen and oxygen atoms in total. The topological polar surface area (TPSA) is 67.4 Å². The summed E-state index contributed by atoms with van der Waals surface area (Å²) in [5, 5.41) is 6.16. The molecule has 1 aliphatic rings. The molecule has 2 aromatic heterocycles. The van der Waals surface area contributed by atoms with Crippen LogP contribution in [0.25, 0.3) is 22.4 Å². The molecule has 1 saturated heterocycles. The lowest BCUT2D eigenvalue weighted by atomic mass is 9.97. The summed E-state index contributed by atoms with van der Waals surface area (Å²) < 4.78 is 5.45. The van der Waals surface area contributed by atoms with Gasteiger partial charge < -0.3 is 15.0 Å². The minimum atomic E-state index is -0.296. The average molecular weight is 485 g/mol. The van der Waals surface area contributed by atoms with E-state index in [0.29, 0.717) is 0 Å². The number of carbonyl (C=O) groups excluding carboxylic acids is 1. The van der Waals surface area contributed by atoms with Crippen molar-refractivity contribution in [2.24, 2.45) is 0 Å². The van der Waals surface area contributed by atoms with Crippen LogP contribution in [-0.4, -0.2) is 42.2 Å². The van der Waals surface area contributed by atoms with Crippen molar-refractivity contribution in [3.63, 3.8) is 0 Å². The molecule has 1 atom stereocenters. The third-order valence-corrected chi connectivity index (χ3v) is 7.13. The molecule has 1 N–H and O–H groups in total. The van der Waals surface area contributed by atoms with Crippen molar-refractivity contribution in [3.05, 3.63) is 83.5 Å². The van der Waals surface area contributed by atoms with Crippen LogP contribution in [0, 0.1) is 6.92 Å². The Bertz CT molecular complexity index is 1310. The summed E-state index contributed by atoms with van der Waals surface area (Å²) in [4.78, 5) is 24.4. The van der Waals surface area contributed by atoms with Crippen LogP contribution >= 0.6 is 11.3 Å². The highest BCUT2D eigenvalue weighted by atomic mass is 32.1. The molecule has 3 heterocycles. The Morgan fingerprint density at radius 3 is 2.60 bits per heavy atom. The van der Waals surface area contributed by atoms with E-state index in [0.717, 1.165) is 70.8 Å². The van der Waals surface area contributed by atoms with Crippen LogP contribution in [0.5, 0.6) is 0 Å². The highest BCUT2D eigenvalue weighted by Gasteiger charge is 2.18. The van der Waals surface area contributed by atoms with Crippen molar-refractivity contribution < 1.29 is 9.53 Å². The summed E-state index contributed by atoms with van der Waals surface area (Å²) in [5.41, 5.74) is 6.88. The van der Waals surface area contributed by atoms with E-state index in [4.69, 9.17) is 9.72 Å². The van der Waals surface area contributed by atoms with Crippen LogP contribution in [0.3, 0.4) is 0 Å². The average Bonchev–Trinajstić information content (AvgIpc) is 3.40. The Kier molecular flexibility index (Phi) is 6.88. The molecule has 0 bridgehead atoms. The molecular formula is C28H28N4O2S. The molecule has 1 aliphatic heterocycles. The third kappa shape index (κ3) is 5.42. The smallest absolute Gasteiger partial charge is 0.231 e. The Balaban J connectivity index is 1.26. The lowest BCUT2D eigenvalue weighted by molar-refractivity contribution is -0.117. The molecule has 35 heavy (non-hydrogen) atoms. The maximum atomic E-state index is 13.0. The molecule has 0 aliphatic carbocycles. The van der Waals surface area contributed by atoms with Crippen LogP contribution in [0.1, 0.15) is 24.1 Å². The molecule has 178 valence electrons. The van der Waals surface area contributed by atoms with Gasteiger partial charge in [-0.1, -0.05) is 30.3 Å². The Morgan fingerprint density at radius 1 is 1.03 bits per heavy atom. The molecule has 4 aromatic rings. The molecule has 1 unspecified atom stereocenters. The Hall–Kier alpha value is -3.55. The monoisotopic (exact) mass is 484 g/mol. The second-order valence-corrected chi connectivity index (χ2v) is 9.55. The highest BCUT2D eigenvalue weighted by molar-refractivity contribution is 7.14. The maximum absolute atomic E-state index is 13.0. The summed E-state index contributed by atoms with van der Waals surface area (Å²) in [7, 11) is 0. The maximum Gasteiger partial charge on any atom is 0.231 e. The van der Waals surface area contributed by atoms with Gasteiger partial charge in [0.15, 0.2) is 5.13 Å². The summed E-state index contributed by atoms with van der Waals surface area (Å²) in [6, 6.07) is 20.1. The number of ether oxygens (including phenoxy) is 1. The second-order valence-electron chi connectivity index (χ2n) is 8.71. The quantitative estimate of drug-likeness (QED) is 0.377. The molecule has 7 heteroatoms. The first-order valence-electron chi connectivity index (χ1n) is 11.8. The standard InChI is InChI=1S/C28H28N4O2S/c1-19-16-23(10-11-29-19)21-6-8-25(9-7-21)30-27(33)20(2)22-4-3-5-24(17-22)26-18-35-28(31-26)32-12-14-34-15-13-32/h3-11,16-18,20H,12-15H2,1-2H3,(H,30,33). The lowest BCUT2D eigenvalue weighted by Crippen LogP contribution is -2.36. The van der Waals surface area contributed by atoms with E-state index in [2.05, 4.69) is 32.7 Å². The van der Waals surface area contributed by atoms with Crippen molar-refractivity contribution in [3.8, 4) is 22.4 Å². The number of nitrogens with zero attached hydrogens (tertiary/aromatic N) is 3. The minimum absolute atomic E-state index is 0.0399. The van der Waals surface area contributed by atoms with Crippen molar-refractivity contribution in [1.29, 1.82) is 0 Å². The minimum Gasteiger partial charge on any atom is -0.378 e. The van der Waals surface area contributed by atoms with Gasteiger partial charge in [0.25, 0.3) is 0 Å². The number of amides is 1. The normalized spacial score (nSPS) is 14.5. The summed E-state index contributed by atoms with van der Waals surface area (Å²) in [5.74, 6) is -0.336. The van der Waals surface area contributed by atoms with Crippen molar-refractivity contribution in [2.45, 2.75) is 19.8 Å². The molecule has 5 rings (SSSR count). The number of aryl methyl sites for hydroxylation is 1. The van der Waals surface area contributed by atoms with Crippen molar-refractivity contribution >= 4 is 28.1 Å². The second kappa shape index (κ2) is 10.4. The number of nitrogens with one attached hydrogen (secondary N) is 1. The Morgan fingerprint density at radius 2 is 1.83 bits per heavy atom. The van der Waals surface area contributed by atoms with Gasteiger partial charge in [-0.2, -0.15) is 0 Å². The zero-order valence-electron chi connectivity index (χ0n) is 19.9. The first-order chi connectivity index (χ1) is 17.1. The molecule has 2 aromatic carbocycles. The predicted octanol–water partition coefficient (Wildman–Crippen LogP) is 5.76. The number of carbonyl (C=O) groups is 1. The predicted molar refractivity (Wildman–Crippen MR) is 142 cm³/mol. The van der Waals surface area contributed by atoms with Crippen molar-refractivity contribution in [2.75, 3.05) is 36.5 Å². The van der Waals surface area contributed by atoms with Crippen LogP contribution in [0.2, 0.25) is 0 Å². The van der Waals surface area contributed by atoms with E-state index in [1.54, 1.807) is 11.3 Å². The first kappa shape index (κ1) is 23.2. The third-order valence-electron chi connectivity index (χ3n) is 6.23. The molecule has 1 amide bonds. The highest BCUT2D eigenvalue weighted by Crippen LogP contribution is 2.30. The van der Waals surface area contributed by atoms with Gasteiger partial charge in [-0.25, -0.2) is 4.98 Å². The van der Waals surface area contributed by atoms with Crippen LogP contribution in [0.4, 0.5) is 10.8 Å². The van der Waals surface area contributed by atoms with Gasteiger partial charge in [-0.3, -0.25) is 9.78 Å². The van der Waals surface area contributed by atoms with E-state index in [1.165, 1.54) is 0 Å². The van der Waals surface area contributed by atoms with Gasteiger partial charge >= 0.3 is 0 Å². The molecule has 0 spiro atoms. The van der Waals surface area contributed by atoms with E-state index in [9.17, 15) is 4.79 Å². The zero-order chi connectivity index (χ0) is 24.2. The fourth-order valence-electron chi connectivity index (χ4n) is 4.14. The number of benzene rings is 2. The van der Waals surface area contributed by atoms with E-state index in [-0.39, 0.29) is 11.8 Å². The van der Waals surface area contributed by atoms with E-state index < -0.39 is 0 Å². The van der Waals surface area contributed by atoms with E-state index >= 15 is 0 Å². The first-order valence-corrected chi connectivity index (χ1v) is 12.7. The Labute approximate surface area is 209 Å². The summed E-state index contributed by atoms with van der Waals surface area (Å²) in [6.07, 6.45) is 1.81. The SMILES string of the molecule is Cc1cc(-c2ccc(NC(=O)C(C)c3cccc(-c4csc(N5CCOCC5)n4)c3)cc2)ccn1. The number of aromatic nitrogens is 2. The number of pyridine rings is 1. The molecule has 0 radical (unpaired) electrons. The van der Waals surface area contributed by atoms with Gasteiger partial charge in [0.2, 0.25) is 5.91 Å². The van der Waals surface area contributed by atoms with Gasteiger partial charge in [0, 0.05) is 41.6 Å². The number of thiazole rings is 1. The molecular weight excluding hydrogens is 456 g/mol. The molecule has 1 fully saturated rings. The zero-order valence-corrected chi connectivity index (χ0v) is 20.7. The van der Waals surface area contributed by atoms with Crippen LogP contribution in [-0.2, 0) is 9.53 Å². The fourth-order valence-corrected chi connectivity index (χ4v) is 5.03. The number of hydrogen-bond donors (Lipinski definition) is 1. The number of morpholine rings is 1. The number of anilines is 2. The van der Waals surface area contributed by atoms with E-state index in [1.807, 2.05) is 68.6 Å². The lowest BCUT2D eigenvalue weighted by Gasteiger charge is -2.26. The summed E-state index contributed by atoms with van der Waals surface area (Å²) in [6.45, 7) is 7.13. The molecule has 0 saturated carbocycles. The van der Waals surface area contributed by atoms with Crippen LogP contribution < -0.4 is 10.2 Å². The number of rotatable bonds is 6. The van der Waals surface area contributed by atoms with Gasteiger partial charge in [0.05, 0.1) is 24.8 Å². The van der Waals surface area contributed by atoms with Crippen LogP contribution in [0.15, 0.2) is 72.2 Å². The van der Waals surface area contributed by atoms with Gasteiger partial charge in [0.1, 0.15) is 0 Å². The number of hydrogen-bond acceptors (Lipinski definition) is 6. The fraction of sp³-hybridized carbons (Fsp3) is 0.250. The van der Waals surface area contributed by atoms with Gasteiger partial charge in [-0.15, -0.1) is 11.3 Å². The van der Waals surface area contributed by atoms with Crippen molar-refractivity contribution in [1.82, 2.24) is 9.97 Å². The van der Waals surface area contributed by atoms with Gasteiger partial charge in [-0.05, 0) is 60.9 Å². The summed E-state index contributed by atoms with van der Waals surface area (Å²) >= 11 is 1.65. The largest absolute Gasteiger partial charge is 0.378 e.